The van der Waals surface area contributed by atoms with Crippen LogP contribution in [0.15, 0.2) is 23.6 Å². The van der Waals surface area contributed by atoms with E-state index in [4.69, 9.17) is 0 Å². The van der Waals surface area contributed by atoms with E-state index in [1.807, 2.05) is 24.1 Å². The second-order valence-electron chi connectivity index (χ2n) is 6.14. The van der Waals surface area contributed by atoms with E-state index >= 15 is 0 Å². The van der Waals surface area contributed by atoms with Crippen molar-refractivity contribution in [3.63, 3.8) is 0 Å². The van der Waals surface area contributed by atoms with Crippen LogP contribution in [0, 0.1) is 17.0 Å². The van der Waals surface area contributed by atoms with E-state index in [1.165, 1.54) is 17.4 Å². The topological polar surface area (TPSA) is 88.4 Å². The first-order valence-electron chi connectivity index (χ1n) is 8.22. The van der Waals surface area contributed by atoms with Gasteiger partial charge < -0.3 is 10.2 Å². The molecule has 1 aliphatic rings. The highest BCUT2D eigenvalue weighted by Crippen LogP contribution is 2.31. The molecule has 7 nitrogen and oxygen atoms in total. The Morgan fingerprint density at radius 2 is 2.12 bits per heavy atom. The molecular weight excluding hydrogens is 340 g/mol. The molecule has 2 heterocycles. The smallest absolute Gasteiger partial charge is 0.293 e. The summed E-state index contributed by atoms with van der Waals surface area (Å²) < 4.78 is 0. The van der Waals surface area contributed by atoms with Gasteiger partial charge in [-0.1, -0.05) is 0 Å². The SMILES string of the molecule is Cc1nc(C(C)NC(=O)c2ccc(N3CCCC3)c([N+](=O)[O-])c2)cs1. The zero-order valence-electron chi connectivity index (χ0n) is 14.2. The molecule has 1 atom stereocenters. The van der Waals surface area contributed by atoms with Crippen molar-refractivity contribution in [2.45, 2.75) is 32.7 Å². The van der Waals surface area contributed by atoms with Crippen LogP contribution in [-0.2, 0) is 0 Å². The minimum absolute atomic E-state index is 0.0216. The molecule has 0 spiro atoms. The van der Waals surface area contributed by atoms with Gasteiger partial charge in [0.1, 0.15) is 5.69 Å². The van der Waals surface area contributed by atoms with Crippen molar-refractivity contribution >= 4 is 28.6 Å². The fourth-order valence-electron chi connectivity index (χ4n) is 2.97. The summed E-state index contributed by atoms with van der Waals surface area (Å²) >= 11 is 1.52. The van der Waals surface area contributed by atoms with Gasteiger partial charge in [0, 0.05) is 30.1 Å². The molecule has 0 radical (unpaired) electrons. The van der Waals surface area contributed by atoms with Crippen molar-refractivity contribution in [1.29, 1.82) is 0 Å². The highest BCUT2D eigenvalue weighted by atomic mass is 32.1. The normalized spacial score (nSPS) is 15.2. The maximum atomic E-state index is 12.5. The average Bonchev–Trinajstić information content (AvgIpc) is 3.25. The number of carbonyl (C=O) groups excluding carboxylic acids is 1. The third-order valence-corrected chi connectivity index (χ3v) is 5.10. The highest BCUT2D eigenvalue weighted by molar-refractivity contribution is 7.09. The van der Waals surface area contributed by atoms with Crippen LogP contribution in [0.1, 0.15) is 46.9 Å². The Morgan fingerprint density at radius 1 is 1.40 bits per heavy atom. The Bertz CT molecular complexity index is 799. The van der Waals surface area contributed by atoms with Crippen LogP contribution < -0.4 is 10.2 Å². The zero-order chi connectivity index (χ0) is 18.0. The number of carbonyl (C=O) groups is 1. The van der Waals surface area contributed by atoms with E-state index in [1.54, 1.807) is 12.1 Å². The number of amides is 1. The van der Waals surface area contributed by atoms with Crippen LogP contribution >= 0.6 is 11.3 Å². The Hall–Kier alpha value is -2.48. The number of thiazole rings is 1. The molecule has 25 heavy (non-hydrogen) atoms. The number of anilines is 1. The lowest BCUT2D eigenvalue weighted by atomic mass is 10.1. The van der Waals surface area contributed by atoms with Crippen LogP contribution in [0.5, 0.6) is 0 Å². The molecule has 3 rings (SSSR count). The number of nitrogens with zero attached hydrogens (tertiary/aromatic N) is 3. The van der Waals surface area contributed by atoms with E-state index < -0.39 is 4.92 Å². The van der Waals surface area contributed by atoms with Gasteiger partial charge in [0.2, 0.25) is 0 Å². The molecule has 1 saturated heterocycles. The number of hydrogen-bond acceptors (Lipinski definition) is 6. The van der Waals surface area contributed by atoms with E-state index in [-0.39, 0.29) is 23.2 Å². The molecule has 2 aromatic rings. The Kier molecular flexibility index (Phi) is 4.98. The average molecular weight is 360 g/mol. The van der Waals surface area contributed by atoms with Gasteiger partial charge in [-0.2, -0.15) is 0 Å². The number of benzene rings is 1. The molecule has 1 N–H and O–H groups in total. The number of aromatic nitrogens is 1. The lowest BCUT2D eigenvalue weighted by Crippen LogP contribution is -2.27. The lowest BCUT2D eigenvalue weighted by molar-refractivity contribution is -0.384. The van der Waals surface area contributed by atoms with Gasteiger partial charge in [0.15, 0.2) is 0 Å². The van der Waals surface area contributed by atoms with E-state index in [9.17, 15) is 14.9 Å². The van der Waals surface area contributed by atoms with Crippen molar-refractivity contribution in [3.8, 4) is 0 Å². The molecule has 1 aromatic heterocycles. The zero-order valence-corrected chi connectivity index (χ0v) is 15.0. The second kappa shape index (κ2) is 7.18. The third kappa shape index (κ3) is 3.79. The summed E-state index contributed by atoms with van der Waals surface area (Å²) in [6, 6.07) is 4.43. The first-order chi connectivity index (χ1) is 12.0. The highest BCUT2D eigenvalue weighted by Gasteiger charge is 2.24. The summed E-state index contributed by atoms with van der Waals surface area (Å²) in [4.78, 5) is 29.8. The van der Waals surface area contributed by atoms with Gasteiger partial charge in [-0.25, -0.2) is 4.98 Å². The molecule has 0 bridgehead atoms. The van der Waals surface area contributed by atoms with Gasteiger partial charge in [-0.3, -0.25) is 14.9 Å². The van der Waals surface area contributed by atoms with Crippen LogP contribution in [-0.4, -0.2) is 28.9 Å². The maximum Gasteiger partial charge on any atom is 0.293 e. The number of nitro groups is 1. The largest absolute Gasteiger partial charge is 0.366 e. The maximum absolute atomic E-state index is 12.5. The van der Waals surface area contributed by atoms with Crippen LogP contribution in [0.3, 0.4) is 0 Å². The molecule has 1 fully saturated rings. The Morgan fingerprint density at radius 3 is 2.72 bits per heavy atom. The Balaban J connectivity index is 1.80. The molecule has 0 aliphatic carbocycles. The van der Waals surface area contributed by atoms with Crippen LogP contribution in [0.2, 0.25) is 0 Å². The third-order valence-electron chi connectivity index (χ3n) is 4.31. The summed E-state index contributed by atoms with van der Waals surface area (Å²) in [6.45, 7) is 5.38. The quantitative estimate of drug-likeness (QED) is 0.652. The van der Waals surface area contributed by atoms with Crippen LogP contribution in [0.4, 0.5) is 11.4 Å². The molecule has 8 heteroatoms. The fourth-order valence-corrected chi connectivity index (χ4v) is 3.68. The molecule has 1 aliphatic heterocycles. The standard InChI is InChI=1S/C17H20N4O3S/c1-11(14-10-25-12(2)19-14)18-17(22)13-5-6-15(16(9-13)21(23)24)20-7-3-4-8-20/h5-6,9-11H,3-4,7-8H2,1-2H3,(H,18,22). The van der Waals surface area contributed by atoms with Gasteiger partial charge in [-0.05, 0) is 38.8 Å². The van der Waals surface area contributed by atoms with Crippen molar-refractivity contribution in [2.75, 3.05) is 18.0 Å². The lowest BCUT2D eigenvalue weighted by Gasteiger charge is -2.18. The Labute approximate surface area is 149 Å². The molecule has 1 amide bonds. The fraction of sp³-hybridized carbons (Fsp3) is 0.412. The van der Waals surface area contributed by atoms with Gasteiger partial charge in [0.25, 0.3) is 11.6 Å². The number of hydrogen-bond donors (Lipinski definition) is 1. The summed E-state index contributed by atoms with van der Waals surface area (Å²) in [7, 11) is 0. The first-order valence-corrected chi connectivity index (χ1v) is 9.10. The second-order valence-corrected chi connectivity index (χ2v) is 7.20. The molecule has 1 unspecified atom stereocenters. The van der Waals surface area contributed by atoms with Crippen molar-refractivity contribution in [1.82, 2.24) is 10.3 Å². The van der Waals surface area contributed by atoms with E-state index in [0.717, 1.165) is 36.6 Å². The van der Waals surface area contributed by atoms with E-state index in [2.05, 4.69) is 10.3 Å². The summed E-state index contributed by atoms with van der Waals surface area (Å²) in [5.41, 5.74) is 1.64. The van der Waals surface area contributed by atoms with Crippen LogP contribution in [0.25, 0.3) is 0 Å². The number of rotatable bonds is 5. The predicted octanol–water partition coefficient (Wildman–Crippen LogP) is 3.45. The minimum Gasteiger partial charge on any atom is -0.366 e. The number of nitro benzene ring substituents is 1. The monoisotopic (exact) mass is 360 g/mol. The molecule has 132 valence electrons. The first kappa shape index (κ1) is 17.3. The summed E-state index contributed by atoms with van der Waals surface area (Å²) in [5.74, 6) is -0.339. The van der Waals surface area contributed by atoms with Crippen molar-refractivity contribution in [2.24, 2.45) is 0 Å². The van der Waals surface area contributed by atoms with Crippen molar-refractivity contribution in [3.05, 3.63) is 50.0 Å². The molecule has 1 aromatic carbocycles. The van der Waals surface area contributed by atoms with E-state index in [0.29, 0.717) is 5.69 Å². The van der Waals surface area contributed by atoms with Gasteiger partial charge >= 0.3 is 0 Å². The summed E-state index contributed by atoms with van der Waals surface area (Å²) in [6.07, 6.45) is 2.06. The predicted molar refractivity (Wildman–Crippen MR) is 97.3 cm³/mol. The molecular formula is C17H20N4O3S. The van der Waals surface area contributed by atoms with Gasteiger partial charge in [0.05, 0.1) is 21.7 Å². The van der Waals surface area contributed by atoms with Gasteiger partial charge in [-0.15, -0.1) is 11.3 Å². The number of nitrogens with one attached hydrogen (secondary N) is 1. The molecule has 0 saturated carbocycles. The summed E-state index contributed by atoms with van der Waals surface area (Å²) in [5, 5.41) is 17.1. The minimum atomic E-state index is -0.419. The number of aryl methyl sites for hydroxylation is 1. The van der Waals surface area contributed by atoms with Crippen molar-refractivity contribution < 1.29 is 9.72 Å².